The van der Waals surface area contributed by atoms with Gasteiger partial charge in [-0.2, -0.15) is 23.5 Å². The van der Waals surface area contributed by atoms with Crippen molar-refractivity contribution in [2.45, 2.75) is 35.7 Å². The van der Waals surface area contributed by atoms with E-state index >= 15 is 0 Å². The van der Waals surface area contributed by atoms with Gasteiger partial charge in [-0.3, -0.25) is 0 Å². The number of aliphatic hydroxyl groups is 1. The third-order valence-corrected chi connectivity index (χ3v) is 7.54. The summed E-state index contributed by atoms with van der Waals surface area (Å²) in [7, 11) is 0. The molecule has 1 N–H and O–H groups in total. The topological polar surface area (TPSA) is 20.2 Å². The molecule has 1 aliphatic heterocycles. The molecule has 0 spiro atoms. The molecule has 1 saturated heterocycles. The van der Waals surface area contributed by atoms with Gasteiger partial charge in [-0.05, 0) is 6.07 Å². The summed E-state index contributed by atoms with van der Waals surface area (Å²) < 4.78 is 0. The molecular weight excluding hydrogens is 307 g/mol. The van der Waals surface area contributed by atoms with Crippen LogP contribution in [0.4, 0.5) is 0 Å². The summed E-state index contributed by atoms with van der Waals surface area (Å²) in [6.07, 6.45) is -0.552. The Morgan fingerprint density at radius 1 is 1.28 bits per heavy atom. The van der Waals surface area contributed by atoms with Crippen LogP contribution in [0.5, 0.6) is 0 Å². The van der Waals surface area contributed by atoms with E-state index in [2.05, 4.69) is 13.8 Å². The maximum absolute atomic E-state index is 10.5. The molecule has 0 aliphatic carbocycles. The smallest absolute Gasteiger partial charge is 0.0931 e. The molecule has 1 fully saturated rings. The average molecular weight is 323 g/mol. The van der Waals surface area contributed by atoms with Crippen LogP contribution < -0.4 is 0 Å². The number of benzene rings is 1. The van der Waals surface area contributed by atoms with Crippen LogP contribution in [0.2, 0.25) is 10.0 Å². The SMILES string of the molecule is CC1SCC(C(O)c2cccc(Cl)c2Cl)SC1C. The van der Waals surface area contributed by atoms with E-state index in [1.807, 2.05) is 35.7 Å². The number of rotatable bonds is 2. The standard InChI is InChI=1S/C13H16Cl2OS2/c1-7-8(2)18-11(6-17-7)13(16)9-4-3-5-10(14)12(9)15/h3-5,7-8,11,13,16H,6H2,1-2H3. The summed E-state index contributed by atoms with van der Waals surface area (Å²) in [6, 6.07) is 5.43. The lowest BCUT2D eigenvalue weighted by atomic mass is 10.1. The zero-order valence-electron chi connectivity index (χ0n) is 10.3. The Bertz CT molecular complexity index is 427. The minimum atomic E-state index is -0.552. The van der Waals surface area contributed by atoms with Crippen molar-refractivity contribution in [1.82, 2.24) is 0 Å². The highest BCUT2D eigenvalue weighted by atomic mass is 35.5. The highest BCUT2D eigenvalue weighted by Gasteiger charge is 2.32. The number of hydrogen-bond donors (Lipinski definition) is 1. The van der Waals surface area contributed by atoms with Crippen molar-refractivity contribution in [3.63, 3.8) is 0 Å². The number of hydrogen-bond acceptors (Lipinski definition) is 3. The van der Waals surface area contributed by atoms with E-state index in [0.717, 1.165) is 11.3 Å². The van der Waals surface area contributed by atoms with E-state index in [9.17, 15) is 5.11 Å². The van der Waals surface area contributed by atoms with Crippen molar-refractivity contribution < 1.29 is 5.11 Å². The Balaban J connectivity index is 2.16. The van der Waals surface area contributed by atoms with Gasteiger partial charge in [-0.15, -0.1) is 0 Å². The molecule has 0 radical (unpaired) electrons. The fraction of sp³-hybridized carbons (Fsp3) is 0.538. The van der Waals surface area contributed by atoms with Gasteiger partial charge >= 0.3 is 0 Å². The van der Waals surface area contributed by atoms with Gasteiger partial charge < -0.3 is 5.11 Å². The van der Waals surface area contributed by atoms with Crippen LogP contribution in [-0.4, -0.2) is 26.6 Å². The second kappa shape index (κ2) is 6.27. The predicted octanol–water partition coefficient (Wildman–Crippen LogP) is 4.65. The predicted molar refractivity (Wildman–Crippen MR) is 84.2 cm³/mol. The second-order valence-corrected chi connectivity index (χ2v) is 8.32. The zero-order valence-corrected chi connectivity index (χ0v) is 13.4. The minimum Gasteiger partial charge on any atom is -0.387 e. The molecule has 4 atom stereocenters. The van der Waals surface area contributed by atoms with Crippen LogP contribution in [-0.2, 0) is 0 Å². The molecule has 0 amide bonds. The Morgan fingerprint density at radius 3 is 2.67 bits per heavy atom. The molecule has 1 nitrogen and oxygen atoms in total. The maximum atomic E-state index is 10.5. The van der Waals surface area contributed by atoms with Crippen LogP contribution in [0, 0.1) is 0 Å². The van der Waals surface area contributed by atoms with E-state index in [1.54, 1.807) is 6.07 Å². The Labute approximate surface area is 127 Å². The molecule has 1 aliphatic rings. The lowest BCUT2D eigenvalue weighted by molar-refractivity contribution is 0.180. The maximum Gasteiger partial charge on any atom is 0.0931 e. The first kappa shape index (κ1) is 14.9. The zero-order chi connectivity index (χ0) is 13.3. The Hall–Kier alpha value is 0.460. The second-order valence-electron chi connectivity index (χ2n) is 4.51. The third kappa shape index (κ3) is 3.13. The highest BCUT2D eigenvalue weighted by molar-refractivity contribution is 8.07. The van der Waals surface area contributed by atoms with Gasteiger partial charge in [0.25, 0.3) is 0 Å². The fourth-order valence-electron chi connectivity index (χ4n) is 1.92. The van der Waals surface area contributed by atoms with E-state index in [1.165, 1.54) is 0 Å². The molecule has 5 heteroatoms. The normalized spacial score (nSPS) is 30.2. The molecule has 1 aromatic carbocycles. The van der Waals surface area contributed by atoms with Gasteiger partial charge in [0.15, 0.2) is 0 Å². The molecule has 4 unspecified atom stereocenters. The molecule has 1 aromatic rings. The van der Waals surface area contributed by atoms with Crippen LogP contribution in [0.15, 0.2) is 18.2 Å². The summed E-state index contributed by atoms with van der Waals surface area (Å²) >= 11 is 15.9. The summed E-state index contributed by atoms with van der Waals surface area (Å²) in [6.45, 7) is 4.44. The summed E-state index contributed by atoms with van der Waals surface area (Å²) in [5.74, 6) is 0.945. The first-order valence-corrected chi connectivity index (χ1v) is 8.64. The molecule has 0 bridgehead atoms. The lowest BCUT2D eigenvalue weighted by Crippen LogP contribution is -2.30. The van der Waals surface area contributed by atoms with Crippen molar-refractivity contribution in [3.8, 4) is 0 Å². The van der Waals surface area contributed by atoms with Gasteiger partial charge in [-0.1, -0.05) is 49.2 Å². The molecular formula is C13H16Cl2OS2. The molecule has 18 heavy (non-hydrogen) atoms. The van der Waals surface area contributed by atoms with Crippen molar-refractivity contribution in [2.75, 3.05) is 5.75 Å². The third-order valence-electron chi connectivity index (χ3n) is 3.23. The number of aliphatic hydroxyl groups excluding tert-OH is 1. The first-order valence-electron chi connectivity index (χ1n) is 5.89. The first-order chi connectivity index (χ1) is 8.50. The molecule has 0 saturated carbocycles. The minimum absolute atomic E-state index is 0.178. The van der Waals surface area contributed by atoms with Crippen molar-refractivity contribution >= 4 is 46.7 Å². The Kier molecular flexibility index (Phi) is 5.18. The van der Waals surface area contributed by atoms with Crippen molar-refractivity contribution in [1.29, 1.82) is 0 Å². The van der Waals surface area contributed by atoms with Gasteiger partial charge in [0, 0.05) is 27.1 Å². The monoisotopic (exact) mass is 322 g/mol. The van der Waals surface area contributed by atoms with Crippen LogP contribution in [0.1, 0.15) is 25.5 Å². The van der Waals surface area contributed by atoms with Gasteiger partial charge in [0.2, 0.25) is 0 Å². The average Bonchev–Trinajstić information content (AvgIpc) is 2.35. The highest BCUT2D eigenvalue weighted by Crippen LogP contribution is 2.43. The van der Waals surface area contributed by atoms with Gasteiger partial charge in [-0.25, -0.2) is 0 Å². The molecule has 100 valence electrons. The van der Waals surface area contributed by atoms with Crippen LogP contribution in [0.25, 0.3) is 0 Å². The summed E-state index contributed by atoms with van der Waals surface area (Å²) in [5.41, 5.74) is 0.740. The quantitative estimate of drug-likeness (QED) is 0.855. The van der Waals surface area contributed by atoms with Crippen molar-refractivity contribution in [3.05, 3.63) is 33.8 Å². The van der Waals surface area contributed by atoms with Crippen molar-refractivity contribution in [2.24, 2.45) is 0 Å². The number of thioether (sulfide) groups is 2. The fourth-order valence-corrected chi connectivity index (χ4v) is 5.33. The molecule has 0 aromatic heterocycles. The van der Waals surface area contributed by atoms with Crippen LogP contribution >= 0.6 is 46.7 Å². The van der Waals surface area contributed by atoms with Gasteiger partial charge in [0.1, 0.15) is 0 Å². The largest absolute Gasteiger partial charge is 0.387 e. The summed E-state index contributed by atoms with van der Waals surface area (Å²) in [5, 5.41) is 12.8. The van der Waals surface area contributed by atoms with Crippen LogP contribution in [0.3, 0.4) is 0 Å². The lowest BCUT2D eigenvalue weighted by Gasteiger charge is -2.34. The number of halogens is 2. The molecule has 1 heterocycles. The van der Waals surface area contributed by atoms with E-state index in [0.29, 0.717) is 20.5 Å². The van der Waals surface area contributed by atoms with E-state index in [4.69, 9.17) is 23.2 Å². The van der Waals surface area contributed by atoms with E-state index < -0.39 is 6.10 Å². The van der Waals surface area contributed by atoms with E-state index in [-0.39, 0.29) is 5.25 Å². The summed E-state index contributed by atoms with van der Waals surface area (Å²) in [4.78, 5) is 0. The van der Waals surface area contributed by atoms with Gasteiger partial charge in [0.05, 0.1) is 16.1 Å². The Morgan fingerprint density at radius 2 is 2.00 bits per heavy atom. The molecule has 2 rings (SSSR count).